The molecule has 0 saturated heterocycles. The van der Waals surface area contributed by atoms with Crippen LogP contribution in [-0.2, 0) is 6.54 Å². The van der Waals surface area contributed by atoms with E-state index in [1.165, 1.54) is 5.56 Å². The Kier molecular flexibility index (Phi) is 5.92. The molecule has 1 rings (SSSR count). The number of aryl methyl sites for hydroxylation is 1. The molecule has 0 bridgehead atoms. The van der Waals surface area contributed by atoms with E-state index in [9.17, 15) is 5.11 Å². The first-order valence-electron chi connectivity index (χ1n) is 4.67. The number of aliphatic hydroxyl groups is 1. The summed E-state index contributed by atoms with van der Waals surface area (Å²) in [5, 5.41) is 16.9. The van der Waals surface area contributed by atoms with Gasteiger partial charge in [0, 0.05) is 18.7 Å². The Morgan fingerprint density at radius 2 is 1.79 bits per heavy atom. The van der Waals surface area contributed by atoms with Gasteiger partial charge in [0.2, 0.25) is 0 Å². The average molecular weight is 197 g/mol. The van der Waals surface area contributed by atoms with Crippen LogP contribution in [0.4, 0.5) is 0 Å². The standard InChI is InChI=1S/C9H13NO.C2H6O/c1-6-3-4-9(11)8(5-10)7(6)2;1-2-3/h3-4,11H,5,10H2,1-2H3;3H,2H2,1H3. The highest BCUT2D eigenvalue weighted by atomic mass is 16.3. The number of aliphatic hydroxyl groups excluding tert-OH is 1. The van der Waals surface area contributed by atoms with Crippen LogP contribution in [-0.4, -0.2) is 16.8 Å². The van der Waals surface area contributed by atoms with E-state index in [1.54, 1.807) is 13.0 Å². The van der Waals surface area contributed by atoms with Crippen molar-refractivity contribution in [2.75, 3.05) is 6.61 Å². The van der Waals surface area contributed by atoms with Gasteiger partial charge in [0.25, 0.3) is 0 Å². The van der Waals surface area contributed by atoms with Crippen LogP contribution in [0.25, 0.3) is 0 Å². The number of hydrogen-bond donors (Lipinski definition) is 3. The van der Waals surface area contributed by atoms with Crippen LogP contribution in [0.5, 0.6) is 5.75 Å². The largest absolute Gasteiger partial charge is 0.508 e. The molecule has 0 aromatic heterocycles. The molecule has 1 aromatic rings. The number of phenolic OH excluding ortho intramolecular Hbond substituents is 1. The molecule has 0 unspecified atom stereocenters. The quantitative estimate of drug-likeness (QED) is 0.638. The molecular weight excluding hydrogens is 178 g/mol. The predicted molar refractivity (Wildman–Crippen MR) is 58.2 cm³/mol. The molecule has 4 N–H and O–H groups in total. The van der Waals surface area contributed by atoms with E-state index < -0.39 is 0 Å². The van der Waals surface area contributed by atoms with Crippen molar-refractivity contribution in [1.82, 2.24) is 0 Å². The lowest BCUT2D eigenvalue weighted by Gasteiger charge is -2.07. The highest BCUT2D eigenvalue weighted by molar-refractivity contribution is 5.42. The maximum Gasteiger partial charge on any atom is 0.120 e. The fourth-order valence-electron chi connectivity index (χ4n) is 1.12. The average Bonchev–Trinajstić information content (AvgIpc) is 2.14. The molecule has 3 heteroatoms. The third kappa shape index (κ3) is 3.36. The minimum Gasteiger partial charge on any atom is -0.508 e. The normalized spacial score (nSPS) is 9.21. The summed E-state index contributed by atoms with van der Waals surface area (Å²) in [5.74, 6) is 0.301. The summed E-state index contributed by atoms with van der Waals surface area (Å²) in [6.07, 6.45) is 0. The Morgan fingerprint density at radius 3 is 2.14 bits per heavy atom. The van der Waals surface area contributed by atoms with Crippen LogP contribution in [0.15, 0.2) is 12.1 Å². The van der Waals surface area contributed by atoms with Crippen molar-refractivity contribution in [2.45, 2.75) is 27.3 Å². The van der Waals surface area contributed by atoms with Crippen molar-refractivity contribution < 1.29 is 10.2 Å². The van der Waals surface area contributed by atoms with Gasteiger partial charge in [-0.1, -0.05) is 6.07 Å². The molecular formula is C11H19NO2. The molecule has 14 heavy (non-hydrogen) atoms. The molecule has 3 nitrogen and oxygen atoms in total. The third-order valence-corrected chi connectivity index (χ3v) is 2.05. The smallest absolute Gasteiger partial charge is 0.120 e. The van der Waals surface area contributed by atoms with Crippen LogP contribution in [0.3, 0.4) is 0 Å². The summed E-state index contributed by atoms with van der Waals surface area (Å²) in [7, 11) is 0. The molecule has 0 fully saturated rings. The molecule has 0 amide bonds. The third-order valence-electron chi connectivity index (χ3n) is 2.05. The second kappa shape index (κ2) is 6.40. The van der Waals surface area contributed by atoms with E-state index in [1.807, 2.05) is 19.9 Å². The van der Waals surface area contributed by atoms with E-state index in [4.69, 9.17) is 10.8 Å². The Bertz CT molecular complexity index is 285. The zero-order chi connectivity index (χ0) is 11.1. The van der Waals surface area contributed by atoms with Gasteiger partial charge in [-0.2, -0.15) is 0 Å². The minimum atomic E-state index is 0.250. The van der Waals surface area contributed by atoms with Crippen molar-refractivity contribution in [3.8, 4) is 5.75 Å². The van der Waals surface area contributed by atoms with E-state index in [2.05, 4.69) is 0 Å². The van der Waals surface area contributed by atoms with E-state index in [0.29, 0.717) is 12.3 Å². The summed E-state index contributed by atoms with van der Waals surface area (Å²) < 4.78 is 0. The molecule has 0 saturated carbocycles. The fraction of sp³-hybridized carbons (Fsp3) is 0.455. The van der Waals surface area contributed by atoms with Gasteiger partial charge in [0.1, 0.15) is 5.75 Å². The van der Waals surface area contributed by atoms with Gasteiger partial charge in [0.15, 0.2) is 0 Å². The Morgan fingerprint density at radius 1 is 1.29 bits per heavy atom. The number of nitrogens with two attached hydrogens (primary N) is 1. The summed E-state index contributed by atoms with van der Waals surface area (Å²) >= 11 is 0. The van der Waals surface area contributed by atoms with Gasteiger partial charge < -0.3 is 15.9 Å². The van der Waals surface area contributed by atoms with Gasteiger partial charge in [-0.3, -0.25) is 0 Å². The topological polar surface area (TPSA) is 66.5 Å². The number of aromatic hydroxyl groups is 1. The van der Waals surface area contributed by atoms with E-state index in [0.717, 1.165) is 11.1 Å². The lowest BCUT2D eigenvalue weighted by molar-refractivity contribution is 0.318. The van der Waals surface area contributed by atoms with Crippen LogP contribution in [0.1, 0.15) is 23.6 Å². The van der Waals surface area contributed by atoms with Gasteiger partial charge in [0.05, 0.1) is 0 Å². The van der Waals surface area contributed by atoms with Crippen molar-refractivity contribution >= 4 is 0 Å². The molecule has 1 aromatic carbocycles. The first-order valence-corrected chi connectivity index (χ1v) is 4.67. The zero-order valence-electron chi connectivity index (χ0n) is 9.04. The Hall–Kier alpha value is -1.06. The Balaban J connectivity index is 0.000000500. The summed E-state index contributed by atoms with van der Waals surface area (Å²) in [6.45, 7) is 6.31. The first kappa shape index (κ1) is 12.9. The lowest BCUT2D eigenvalue weighted by Crippen LogP contribution is -2.00. The van der Waals surface area contributed by atoms with Crippen molar-refractivity contribution in [2.24, 2.45) is 5.73 Å². The molecule has 0 atom stereocenters. The van der Waals surface area contributed by atoms with Crippen LogP contribution < -0.4 is 5.73 Å². The number of benzene rings is 1. The molecule has 80 valence electrons. The lowest BCUT2D eigenvalue weighted by atomic mass is 10.0. The van der Waals surface area contributed by atoms with Crippen molar-refractivity contribution in [3.05, 3.63) is 28.8 Å². The summed E-state index contributed by atoms with van der Waals surface area (Å²) in [6, 6.07) is 3.58. The van der Waals surface area contributed by atoms with Crippen LogP contribution in [0, 0.1) is 13.8 Å². The summed E-state index contributed by atoms with van der Waals surface area (Å²) in [5.41, 5.74) is 8.57. The fourth-order valence-corrected chi connectivity index (χ4v) is 1.12. The second-order valence-corrected chi connectivity index (χ2v) is 3.03. The van der Waals surface area contributed by atoms with Gasteiger partial charge >= 0.3 is 0 Å². The van der Waals surface area contributed by atoms with Gasteiger partial charge in [-0.05, 0) is 38.0 Å². The highest BCUT2D eigenvalue weighted by Crippen LogP contribution is 2.22. The summed E-state index contributed by atoms with van der Waals surface area (Å²) in [4.78, 5) is 0. The van der Waals surface area contributed by atoms with E-state index in [-0.39, 0.29) is 6.61 Å². The van der Waals surface area contributed by atoms with Gasteiger partial charge in [-0.15, -0.1) is 0 Å². The number of phenols is 1. The first-order chi connectivity index (χ1) is 6.58. The highest BCUT2D eigenvalue weighted by Gasteiger charge is 2.03. The maximum atomic E-state index is 9.34. The number of hydrogen-bond acceptors (Lipinski definition) is 3. The monoisotopic (exact) mass is 197 g/mol. The van der Waals surface area contributed by atoms with Crippen molar-refractivity contribution in [3.63, 3.8) is 0 Å². The molecule has 0 heterocycles. The SMILES string of the molecule is CCO.Cc1ccc(O)c(CN)c1C. The Labute approximate surface area is 85.2 Å². The molecule has 0 radical (unpaired) electrons. The number of rotatable bonds is 1. The van der Waals surface area contributed by atoms with Crippen LogP contribution in [0.2, 0.25) is 0 Å². The molecule has 0 aliphatic carbocycles. The van der Waals surface area contributed by atoms with E-state index >= 15 is 0 Å². The van der Waals surface area contributed by atoms with Crippen LogP contribution >= 0.6 is 0 Å². The predicted octanol–water partition coefficient (Wildman–Crippen LogP) is 1.47. The zero-order valence-corrected chi connectivity index (χ0v) is 9.04. The van der Waals surface area contributed by atoms with Gasteiger partial charge in [-0.25, -0.2) is 0 Å². The minimum absolute atomic E-state index is 0.250. The molecule has 0 aliphatic rings. The molecule has 0 spiro atoms. The maximum absolute atomic E-state index is 9.34. The van der Waals surface area contributed by atoms with Crippen molar-refractivity contribution in [1.29, 1.82) is 0 Å². The molecule has 0 aliphatic heterocycles. The second-order valence-electron chi connectivity index (χ2n) is 3.03.